The summed E-state index contributed by atoms with van der Waals surface area (Å²) < 4.78 is 26.4. The first-order valence-corrected chi connectivity index (χ1v) is 6.49. The highest BCUT2D eigenvalue weighted by atomic mass is 35.5. The normalized spacial score (nSPS) is 10.4. The molecule has 1 N–H and O–H groups in total. The molecule has 2 aromatic rings. The van der Waals surface area contributed by atoms with Crippen LogP contribution in [0.3, 0.4) is 0 Å². The van der Waals surface area contributed by atoms with Gasteiger partial charge in [-0.3, -0.25) is 4.79 Å². The number of hydrogen-bond acceptors (Lipinski definition) is 2. The zero-order chi connectivity index (χ0) is 15.4. The van der Waals surface area contributed by atoms with Gasteiger partial charge in [0.05, 0.1) is 0 Å². The van der Waals surface area contributed by atoms with Gasteiger partial charge in [0.2, 0.25) is 0 Å². The van der Waals surface area contributed by atoms with E-state index in [2.05, 4.69) is 0 Å². The smallest absolute Gasteiger partial charge is 0.323 e. The van der Waals surface area contributed by atoms with E-state index in [1.54, 1.807) is 24.3 Å². The summed E-state index contributed by atoms with van der Waals surface area (Å²) in [6.07, 6.45) is 0. The molecule has 0 aliphatic rings. The van der Waals surface area contributed by atoms with Gasteiger partial charge in [0.15, 0.2) is 0 Å². The van der Waals surface area contributed by atoms with Crippen molar-refractivity contribution in [2.24, 2.45) is 0 Å². The van der Waals surface area contributed by atoms with E-state index in [-0.39, 0.29) is 13.1 Å². The maximum absolute atomic E-state index is 13.2. The van der Waals surface area contributed by atoms with Crippen LogP contribution in [-0.2, 0) is 11.3 Å². The lowest BCUT2D eigenvalue weighted by Crippen LogP contribution is -2.29. The highest BCUT2D eigenvalue weighted by Crippen LogP contribution is 2.20. The van der Waals surface area contributed by atoms with Crippen molar-refractivity contribution in [3.8, 4) is 0 Å². The Hall–Kier alpha value is -2.14. The summed E-state index contributed by atoms with van der Waals surface area (Å²) in [4.78, 5) is 12.5. The van der Waals surface area contributed by atoms with Crippen LogP contribution >= 0.6 is 11.6 Å². The molecule has 0 atom stereocenters. The van der Waals surface area contributed by atoms with Gasteiger partial charge < -0.3 is 10.0 Å². The standard InChI is InChI=1S/C15H12ClF2NO2/c16-11-1-3-14(4-2-11)19(9-15(20)21)8-10-5-12(17)7-13(18)6-10/h1-7H,8-9H2,(H,20,21). The Morgan fingerprint density at radius 1 is 1.10 bits per heavy atom. The summed E-state index contributed by atoms with van der Waals surface area (Å²) in [5, 5.41) is 9.49. The lowest BCUT2D eigenvalue weighted by Gasteiger charge is -2.23. The predicted molar refractivity (Wildman–Crippen MR) is 76.5 cm³/mol. The summed E-state index contributed by atoms with van der Waals surface area (Å²) in [5.74, 6) is -2.44. The van der Waals surface area contributed by atoms with Crippen molar-refractivity contribution in [1.29, 1.82) is 0 Å². The van der Waals surface area contributed by atoms with E-state index in [1.807, 2.05) is 0 Å². The van der Waals surface area contributed by atoms with Gasteiger partial charge in [0, 0.05) is 23.3 Å². The van der Waals surface area contributed by atoms with E-state index in [4.69, 9.17) is 16.7 Å². The zero-order valence-electron chi connectivity index (χ0n) is 10.9. The number of nitrogens with zero attached hydrogens (tertiary/aromatic N) is 1. The second-order valence-corrected chi connectivity index (χ2v) is 4.94. The molecular formula is C15H12ClF2NO2. The average Bonchev–Trinajstić information content (AvgIpc) is 2.37. The van der Waals surface area contributed by atoms with Crippen molar-refractivity contribution >= 4 is 23.3 Å². The van der Waals surface area contributed by atoms with Crippen LogP contribution in [-0.4, -0.2) is 17.6 Å². The lowest BCUT2D eigenvalue weighted by atomic mass is 10.2. The average molecular weight is 312 g/mol. The third-order valence-corrected chi connectivity index (χ3v) is 3.07. The molecule has 110 valence electrons. The van der Waals surface area contributed by atoms with Gasteiger partial charge in [-0.1, -0.05) is 11.6 Å². The number of carbonyl (C=O) groups is 1. The first-order valence-electron chi connectivity index (χ1n) is 6.11. The Morgan fingerprint density at radius 2 is 1.67 bits per heavy atom. The maximum Gasteiger partial charge on any atom is 0.323 e. The van der Waals surface area contributed by atoms with Gasteiger partial charge in [0.25, 0.3) is 0 Å². The minimum absolute atomic E-state index is 0.0720. The van der Waals surface area contributed by atoms with Crippen molar-refractivity contribution in [3.63, 3.8) is 0 Å². The zero-order valence-corrected chi connectivity index (χ0v) is 11.6. The largest absolute Gasteiger partial charge is 0.480 e. The number of carboxylic acids is 1. The number of carboxylic acid groups (broad SMARTS) is 1. The van der Waals surface area contributed by atoms with E-state index in [0.29, 0.717) is 16.3 Å². The van der Waals surface area contributed by atoms with Crippen LogP contribution < -0.4 is 4.90 Å². The van der Waals surface area contributed by atoms with Gasteiger partial charge in [-0.25, -0.2) is 8.78 Å². The Morgan fingerprint density at radius 3 is 2.19 bits per heavy atom. The van der Waals surface area contributed by atoms with Crippen LogP contribution in [0.25, 0.3) is 0 Å². The van der Waals surface area contributed by atoms with E-state index >= 15 is 0 Å². The van der Waals surface area contributed by atoms with Gasteiger partial charge in [-0.05, 0) is 42.0 Å². The highest BCUT2D eigenvalue weighted by molar-refractivity contribution is 6.30. The third kappa shape index (κ3) is 4.43. The molecule has 0 bridgehead atoms. The van der Waals surface area contributed by atoms with E-state index in [0.717, 1.165) is 6.07 Å². The molecule has 0 saturated carbocycles. The summed E-state index contributed by atoms with van der Waals surface area (Å²) in [6, 6.07) is 9.67. The molecular weight excluding hydrogens is 300 g/mol. The monoisotopic (exact) mass is 311 g/mol. The number of halogens is 3. The molecule has 0 saturated heterocycles. The predicted octanol–water partition coefficient (Wildman–Crippen LogP) is 3.71. The SMILES string of the molecule is O=C(O)CN(Cc1cc(F)cc(F)c1)c1ccc(Cl)cc1. The van der Waals surface area contributed by atoms with Crippen molar-refractivity contribution in [3.05, 3.63) is 64.7 Å². The molecule has 0 amide bonds. The Bertz CT molecular complexity index is 626. The molecule has 0 aliphatic carbocycles. The third-order valence-electron chi connectivity index (χ3n) is 2.81. The van der Waals surface area contributed by atoms with E-state index < -0.39 is 17.6 Å². The minimum atomic E-state index is -1.04. The summed E-state index contributed by atoms with van der Waals surface area (Å²) in [5.41, 5.74) is 0.954. The van der Waals surface area contributed by atoms with Crippen molar-refractivity contribution in [1.82, 2.24) is 0 Å². The van der Waals surface area contributed by atoms with Gasteiger partial charge >= 0.3 is 5.97 Å². The molecule has 0 radical (unpaired) electrons. The summed E-state index contributed by atoms with van der Waals surface area (Å²) in [7, 11) is 0. The molecule has 0 unspecified atom stereocenters. The second kappa shape index (κ2) is 6.54. The molecule has 0 aliphatic heterocycles. The fourth-order valence-corrected chi connectivity index (χ4v) is 2.10. The van der Waals surface area contributed by atoms with Crippen molar-refractivity contribution < 1.29 is 18.7 Å². The number of hydrogen-bond donors (Lipinski definition) is 1. The first kappa shape index (κ1) is 15.3. The topological polar surface area (TPSA) is 40.5 Å². The van der Waals surface area contributed by atoms with Crippen LogP contribution in [0.1, 0.15) is 5.56 Å². The molecule has 0 spiro atoms. The maximum atomic E-state index is 13.2. The van der Waals surface area contributed by atoms with E-state index in [1.165, 1.54) is 17.0 Å². The van der Waals surface area contributed by atoms with Crippen LogP contribution in [0.15, 0.2) is 42.5 Å². The fourth-order valence-electron chi connectivity index (χ4n) is 1.98. The molecule has 21 heavy (non-hydrogen) atoms. The van der Waals surface area contributed by atoms with Gasteiger partial charge in [-0.2, -0.15) is 0 Å². The molecule has 3 nitrogen and oxygen atoms in total. The summed E-state index contributed by atoms with van der Waals surface area (Å²) in [6.45, 7) is -0.220. The molecule has 0 fully saturated rings. The molecule has 6 heteroatoms. The molecule has 0 aromatic heterocycles. The molecule has 2 aromatic carbocycles. The van der Waals surface area contributed by atoms with Gasteiger partial charge in [-0.15, -0.1) is 0 Å². The van der Waals surface area contributed by atoms with Crippen LogP contribution in [0.2, 0.25) is 5.02 Å². The number of aliphatic carboxylic acids is 1. The van der Waals surface area contributed by atoms with Crippen LogP contribution in [0.4, 0.5) is 14.5 Å². The first-order chi connectivity index (χ1) is 9.94. The Kier molecular flexibility index (Phi) is 4.75. The number of benzene rings is 2. The Balaban J connectivity index is 2.27. The van der Waals surface area contributed by atoms with Crippen molar-refractivity contribution in [2.75, 3.05) is 11.4 Å². The number of anilines is 1. The Labute approximate surface area is 125 Å². The van der Waals surface area contributed by atoms with Crippen LogP contribution in [0.5, 0.6) is 0 Å². The molecule has 2 rings (SSSR count). The van der Waals surface area contributed by atoms with Gasteiger partial charge in [0.1, 0.15) is 18.2 Å². The highest BCUT2D eigenvalue weighted by Gasteiger charge is 2.12. The fraction of sp³-hybridized carbons (Fsp3) is 0.133. The lowest BCUT2D eigenvalue weighted by molar-refractivity contribution is -0.135. The van der Waals surface area contributed by atoms with E-state index in [9.17, 15) is 13.6 Å². The van der Waals surface area contributed by atoms with Crippen molar-refractivity contribution in [2.45, 2.75) is 6.54 Å². The summed E-state index contributed by atoms with van der Waals surface area (Å²) >= 11 is 5.79. The van der Waals surface area contributed by atoms with Crippen LogP contribution in [0, 0.1) is 11.6 Å². The molecule has 0 heterocycles. The number of rotatable bonds is 5. The minimum Gasteiger partial charge on any atom is -0.480 e. The quantitative estimate of drug-likeness (QED) is 0.915. The second-order valence-electron chi connectivity index (χ2n) is 4.50.